The van der Waals surface area contributed by atoms with Crippen LogP contribution in [0.1, 0.15) is 26.2 Å². The van der Waals surface area contributed by atoms with E-state index < -0.39 is 67.1 Å². The van der Waals surface area contributed by atoms with Crippen LogP contribution in [0.4, 0.5) is 8.78 Å². The van der Waals surface area contributed by atoms with Crippen LogP contribution in [0.5, 0.6) is 0 Å². The summed E-state index contributed by atoms with van der Waals surface area (Å²) in [5.41, 5.74) is 0. The van der Waals surface area contributed by atoms with Gasteiger partial charge in [-0.15, -0.1) is 0 Å². The number of ether oxygens (including phenoxy) is 1. The maximum Gasteiger partial charge on any atom is 0.306 e. The van der Waals surface area contributed by atoms with Crippen LogP contribution >= 0.6 is 0 Å². The van der Waals surface area contributed by atoms with E-state index in [0.717, 1.165) is 0 Å². The molecule has 0 amide bonds. The molecule has 0 aromatic carbocycles. The summed E-state index contributed by atoms with van der Waals surface area (Å²) in [6.07, 6.45) is -5.55. The fourth-order valence-corrected chi connectivity index (χ4v) is 2.63. The summed E-state index contributed by atoms with van der Waals surface area (Å²) in [6.45, 7) is 1.34. The van der Waals surface area contributed by atoms with Gasteiger partial charge in [-0.05, 0) is 6.92 Å². The quantitative estimate of drug-likeness (QED) is 0.670. The van der Waals surface area contributed by atoms with Crippen LogP contribution in [0.2, 0.25) is 0 Å². The smallest absolute Gasteiger partial charge is 0.306 e. The molecular weight excluding hydrogens is 294 g/mol. The summed E-state index contributed by atoms with van der Waals surface area (Å²) < 4.78 is 33.5. The van der Waals surface area contributed by atoms with Gasteiger partial charge in [-0.2, -0.15) is 0 Å². The lowest BCUT2D eigenvalue weighted by molar-refractivity contribution is -0.255. The second-order valence-corrected chi connectivity index (χ2v) is 5.07. The zero-order valence-corrected chi connectivity index (χ0v) is 11.2. The zero-order valence-electron chi connectivity index (χ0n) is 11.2. The lowest BCUT2D eigenvalue weighted by Crippen LogP contribution is -2.56. The fourth-order valence-electron chi connectivity index (χ4n) is 2.63. The number of rotatable bonds is 6. The molecule has 0 aromatic rings. The Hall–Kier alpha value is -1.77. The molecule has 4 atom stereocenters. The molecule has 0 aliphatic carbocycles. The van der Waals surface area contributed by atoms with Crippen LogP contribution in [0.25, 0.3) is 0 Å². The van der Waals surface area contributed by atoms with Gasteiger partial charge in [-0.3, -0.25) is 14.4 Å². The first-order valence-corrected chi connectivity index (χ1v) is 6.24. The summed E-state index contributed by atoms with van der Waals surface area (Å²) in [7, 11) is 0. The maximum atomic E-state index is 14.3. The number of hydrogen-bond donors (Lipinski definition) is 3. The number of hydrogen-bond acceptors (Lipinski definition) is 4. The predicted molar refractivity (Wildman–Crippen MR) is 63.0 cm³/mol. The monoisotopic (exact) mass is 310 g/mol. The van der Waals surface area contributed by atoms with Crippen molar-refractivity contribution in [3.63, 3.8) is 0 Å². The lowest BCUT2D eigenvalue weighted by atomic mass is 9.74. The molecule has 0 radical (unpaired) electrons. The van der Waals surface area contributed by atoms with Gasteiger partial charge < -0.3 is 20.1 Å². The molecule has 0 unspecified atom stereocenters. The number of carboxylic acids is 3. The zero-order chi connectivity index (χ0) is 16.4. The van der Waals surface area contributed by atoms with E-state index in [2.05, 4.69) is 0 Å². The van der Waals surface area contributed by atoms with Crippen LogP contribution in [0, 0.1) is 11.8 Å². The van der Waals surface area contributed by atoms with Crippen LogP contribution in [0.3, 0.4) is 0 Å². The molecule has 0 spiro atoms. The Balaban J connectivity index is 3.10. The minimum Gasteiger partial charge on any atom is -0.481 e. The molecule has 1 fully saturated rings. The Kier molecular flexibility index (Phi) is 5.21. The van der Waals surface area contributed by atoms with Crippen LogP contribution < -0.4 is 0 Å². The van der Waals surface area contributed by atoms with E-state index in [-0.39, 0.29) is 0 Å². The number of alkyl halides is 2. The van der Waals surface area contributed by atoms with Crippen molar-refractivity contribution < 1.29 is 43.2 Å². The van der Waals surface area contributed by atoms with E-state index in [1.54, 1.807) is 0 Å². The van der Waals surface area contributed by atoms with Gasteiger partial charge in [0, 0.05) is 11.8 Å². The number of halogens is 2. The van der Waals surface area contributed by atoms with Crippen LogP contribution in [-0.2, 0) is 19.1 Å². The average Bonchev–Trinajstić information content (AvgIpc) is 2.29. The molecule has 7 nitrogen and oxygen atoms in total. The van der Waals surface area contributed by atoms with E-state index in [1.165, 1.54) is 6.92 Å². The lowest BCUT2D eigenvalue weighted by Gasteiger charge is -2.45. The molecule has 1 saturated heterocycles. The maximum absolute atomic E-state index is 14.3. The summed E-state index contributed by atoms with van der Waals surface area (Å²) in [5, 5.41) is 26.2. The highest BCUT2D eigenvalue weighted by atomic mass is 19.3. The van der Waals surface area contributed by atoms with Crippen molar-refractivity contribution in [3.8, 4) is 0 Å². The number of carboxylic acid groups (broad SMARTS) is 3. The standard InChI is InChI=1S/C12H16F2O7/c1-5-6(2-9(15)16)7(3-10(17)18)12(13,14)8(21-5)4-11(19)20/h5-8H,2-4H2,1H3,(H,15,16)(H,17,18)(H,19,20)/t5-,6-,7+,8+/m0/s1. The molecule has 1 heterocycles. The van der Waals surface area contributed by atoms with E-state index >= 15 is 0 Å². The molecule has 0 saturated carbocycles. The first-order chi connectivity index (χ1) is 9.55. The van der Waals surface area contributed by atoms with Gasteiger partial charge in [-0.25, -0.2) is 8.78 Å². The molecule has 1 rings (SSSR count). The largest absolute Gasteiger partial charge is 0.481 e. The molecule has 21 heavy (non-hydrogen) atoms. The van der Waals surface area contributed by atoms with Crippen molar-refractivity contribution in [2.75, 3.05) is 0 Å². The van der Waals surface area contributed by atoms with Crippen LogP contribution in [0.15, 0.2) is 0 Å². The highest BCUT2D eigenvalue weighted by molar-refractivity contribution is 5.70. The first kappa shape index (κ1) is 17.3. The third kappa shape index (κ3) is 4.10. The highest BCUT2D eigenvalue weighted by Crippen LogP contribution is 2.46. The average molecular weight is 310 g/mol. The fraction of sp³-hybridized carbons (Fsp3) is 0.750. The van der Waals surface area contributed by atoms with Gasteiger partial charge in [0.2, 0.25) is 0 Å². The summed E-state index contributed by atoms with van der Waals surface area (Å²) in [6, 6.07) is 0. The van der Waals surface area contributed by atoms with Crippen molar-refractivity contribution in [1.82, 2.24) is 0 Å². The van der Waals surface area contributed by atoms with Crippen molar-refractivity contribution in [3.05, 3.63) is 0 Å². The Bertz CT molecular complexity index is 437. The van der Waals surface area contributed by atoms with Gasteiger partial charge in [0.25, 0.3) is 5.92 Å². The Labute approximate surface area is 118 Å². The molecule has 1 aliphatic rings. The van der Waals surface area contributed by atoms with Gasteiger partial charge in [0.1, 0.15) is 6.10 Å². The minimum atomic E-state index is -3.73. The predicted octanol–water partition coefficient (Wildman–Crippen LogP) is 1.07. The molecule has 1 aliphatic heterocycles. The topological polar surface area (TPSA) is 121 Å². The van der Waals surface area contributed by atoms with E-state index in [1.807, 2.05) is 0 Å². The second kappa shape index (κ2) is 6.33. The Morgan fingerprint density at radius 2 is 1.48 bits per heavy atom. The molecule has 3 N–H and O–H groups in total. The molecular formula is C12H16F2O7. The SMILES string of the molecule is C[C@@H]1O[C@H](CC(=O)O)C(F)(F)[C@H](CC(=O)O)[C@H]1CC(=O)O. The Morgan fingerprint density at radius 1 is 1.00 bits per heavy atom. The van der Waals surface area contributed by atoms with Gasteiger partial charge in [0.05, 0.1) is 25.4 Å². The van der Waals surface area contributed by atoms with Crippen molar-refractivity contribution >= 4 is 17.9 Å². The summed E-state index contributed by atoms with van der Waals surface area (Å²) in [5.74, 6) is -11.1. The first-order valence-electron chi connectivity index (χ1n) is 6.24. The summed E-state index contributed by atoms with van der Waals surface area (Å²) in [4.78, 5) is 32.2. The van der Waals surface area contributed by atoms with Crippen LogP contribution in [-0.4, -0.2) is 51.4 Å². The summed E-state index contributed by atoms with van der Waals surface area (Å²) >= 11 is 0. The number of aliphatic carboxylic acids is 3. The van der Waals surface area contributed by atoms with Crippen molar-refractivity contribution in [1.29, 1.82) is 0 Å². The molecule has 120 valence electrons. The second-order valence-electron chi connectivity index (χ2n) is 5.07. The highest BCUT2D eigenvalue weighted by Gasteiger charge is 2.58. The van der Waals surface area contributed by atoms with Gasteiger partial charge >= 0.3 is 17.9 Å². The molecule has 0 bridgehead atoms. The normalized spacial score (nSPS) is 31.6. The molecule has 0 aromatic heterocycles. The third-order valence-electron chi connectivity index (χ3n) is 3.59. The Morgan fingerprint density at radius 3 is 1.90 bits per heavy atom. The van der Waals surface area contributed by atoms with Gasteiger partial charge in [0.15, 0.2) is 0 Å². The number of carbonyl (C=O) groups is 3. The third-order valence-corrected chi connectivity index (χ3v) is 3.59. The minimum absolute atomic E-state index is 0.672. The van der Waals surface area contributed by atoms with E-state index in [4.69, 9.17) is 20.1 Å². The van der Waals surface area contributed by atoms with Crippen molar-refractivity contribution in [2.45, 2.75) is 44.3 Å². The molecule has 9 heteroatoms. The van der Waals surface area contributed by atoms with Crippen molar-refractivity contribution in [2.24, 2.45) is 11.8 Å². The van der Waals surface area contributed by atoms with E-state index in [9.17, 15) is 23.2 Å². The van der Waals surface area contributed by atoms with Gasteiger partial charge in [-0.1, -0.05) is 0 Å². The van der Waals surface area contributed by atoms with E-state index in [0.29, 0.717) is 0 Å².